The van der Waals surface area contributed by atoms with Crippen LogP contribution in [0.15, 0.2) is 46.9 Å². The third kappa shape index (κ3) is 3.62. The largest absolute Gasteiger partial charge is 0.387 e. The fourth-order valence-electron chi connectivity index (χ4n) is 2.06. The summed E-state index contributed by atoms with van der Waals surface area (Å²) in [5.74, 6) is -0.157. The molecular weight excluding hydrogens is 332 g/mol. The Bertz CT molecular complexity index is 644. The molecule has 0 radical (unpaired) electrons. The molecule has 0 saturated heterocycles. The second-order valence-corrected chi connectivity index (χ2v) is 5.30. The Hall–Kier alpha value is -1.85. The Morgan fingerprint density at radius 2 is 1.86 bits per heavy atom. The van der Waals surface area contributed by atoms with Crippen molar-refractivity contribution in [3.63, 3.8) is 0 Å². The fraction of sp³-hybridized carbons (Fsp3) is 0.188. The highest BCUT2D eigenvalue weighted by atomic mass is 79.9. The molecule has 2 aromatic carbocycles. The fourth-order valence-corrected chi connectivity index (χ4v) is 2.54. The summed E-state index contributed by atoms with van der Waals surface area (Å²) in [6, 6.07) is 13.0. The lowest BCUT2D eigenvalue weighted by molar-refractivity contribution is 0.102. The molecule has 0 atom stereocenters. The zero-order valence-electron chi connectivity index (χ0n) is 11.9. The van der Waals surface area contributed by atoms with E-state index in [1.807, 2.05) is 36.4 Å². The van der Waals surface area contributed by atoms with Crippen molar-refractivity contribution in [2.24, 2.45) is 0 Å². The Balaban J connectivity index is 2.30. The van der Waals surface area contributed by atoms with E-state index >= 15 is 0 Å². The predicted molar refractivity (Wildman–Crippen MR) is 88.8 cm³/mol. The summed E-state index contributed by atoms with van der Waals surface area (Å²) in [5, 5.41) is 5.96. The van der Waals surface area contributed by atoms with E-state index in [0.717, 1.165) is 21.4 Å². The third-order valence-electron chi connectivity index (χ3n) is 3.10. The van der Waals surface area contributed by atoms with E-state index in [-0.39, 0.29) is 5.91 Å². The van der Waals surface area contributed by atoms with Crippen LogP contribution in [0, 0.1) is 0 Å². The van der Waals surface area contributed by atoms with Crippen LogP contribution >= 0.6 is 15.9 Å². The van der Waals surface area contributed by atoms with Gasteiger partial charge in [-0.3, -0.25) is 4.79 Å². The average Bonchev–Trinajstić information content (AvgIpc) is 2.50. The molecule has 1 amide bonds. The van der Waals surface area contributed by atoms with Gasteiger partial charge in [0.15, 0.2) is 0 Å². The smallest absolute Gasteiger partial charge is 0.257 e. The van der Waals surface area contributed by atoms with E-state index < -0.39 is 0 Å². The predicted octanol–water partition coefficient (Wildman–Crippen LogP) is 3.89. The molecule has 0 bridgehead atoms. The standard InChI is InChI=1S/C16H17BrN2O2/c1-18-14-8-4-3-6-11(14)16(20)19-15-9-5-7-13(17)12(15)10-21-2/h3-9,18H,10H2,1-2H3,(H,19,20). The average molecular weight is 349 g/mol. The lowest BCUT2D eigenvalue weighted by atomic mass is 10.1. The summed E-state index contributed by atoms with van der Waals surface area (Å²) in [6.07, 6.45) is 0. The Labute approximate surface area is 132 Å². The monoisotopic (exact) mass is 348 g/mol. The molecule has 5 heteroatoms. The number of anilines is 2. The molecule has 0 heterocycles. The number of rotatable bonds is 5. The normalized spacial score (nSPS) is 10.2. The summed E-state index contributed by atoms with van der Waals surface area (Å²) in [6.45, 7) is 0.421. The summed E-state index contributed by atoms with van der Waals surface area (Å²) in [5.41, 5.74) is 3.04. The summed E-state index contributed by atoms with van der Waals surface area (Å²) >= 11 is 3.48. The third-order valence-corrected chi connectivity index (χ3v) is 3.84. The van der Waals surface area contributed by atoms with Gasteiger partial charge in [-0.1, -0.05) is 34.1 Å². The maximum atomic E-state index is 12.5. The van der Waals surface area contributed by atoms with Crippen LogP contribution in [-0.2, 0) is 11.3 Å². The van der Waals surface area contributed by atoms with Crippen LogP contribution in [0.4, 0.5) is 11.4 Å². The van der Waals surface area contributed by atoms with Crippen molar-refractivity contribution in [2.45, 2.75) is 6.61 Å². The molecule has 2 rings (SSSR count). The van der Waals surface area contributed by atoms with Crippen molar-refractivity contribution in [3.8, 4) is 0 Å². The van der Waals surface area contributed by atoms with Crippen molar-refractivity contribution in [1.29, 1.82) is 0 Å². The quantitative estimate of drug-likeness (QED) is 0.861. The molecule has 0 aliphatic carbocycles. The molecular formula is C16H17BrN2O2. The van der Waals surface area contributed by atoms with Crippen molar-refractivity contribution < 1.29 is 9.53 Å². The highest BCUT2D eigenvalue weighted by molar-refractivity contribution is 9.10. The number of nitrogens with one attached hydrogen (secondary N) is 2. The van der Waals surface area contributed by atoms with E-state index in [1.165, 1.54) is 0 Å². The molecule has 0 spiro atoms. The number of methoxy groups -OCH3 is 1. The zero-order valence-corrected chi connectivity index (χ0v) is 13.5. The van der Waals surface area contributed by atoms with Crippen molar-refractivity contribution in [2.75, 3.05) is 24.8 Å². The number of benzene rings is 2. The highest BCUT2D eigenvalue weighted by Gasteiger charge is 2.13. The Morgan fingerprint density at radius 1 is 1.14 bits per heavy atom. The van der Waals surface area contributed by atoms with E-state index in [0.29, 0.717) is 12.2 Å². The minimum absolute atomic E-state index is 0.157. The van der Waals surface area contributed by atoms with Gasteiger partial charge in [0, 0.05) is 35.6 Å². The van der Waals surface area contributed by atoms with Gasteiger partial charge in [-0.05, 0) is 24.3 Å². The lowest BCUT2D eigenvalue weighted by Gasteiger charge is -2.14. The van der Waals surface area contributed by atoms with Gasteiger partial charge in [0.25, 0.3) is 5.91 Å². The van der Waals surface area contributed by atoms with Crippen molar-refractivity contribution in [3.05, 3.63) is 58.1 Å². The minimum Gasteiger partial charge on any atom is -0.387 e. The molecule has 0 aliphatic rings. The van der Waals surface area contributed by atoms with E-state index in [4.69, 9.17) is 4.74 Å². The number of carbonyl (C=O) groups excluding carboxylic acids is 1. The van der Waals surface area contributed by atoms with E-state index in [1.54, 1.807) is 20.2 Å². The van der Waals surface area contributed by atoms with Crippen LogP contribution in [-0.4, -0.2) is 20.1 Å². The first-order valence-corrected chi connectivity index (χ1v) is 7.31. The number of ether oxygens (including phenoxy) is 1. The minimum atomic E-state index is -0.157. The number of para-hydroxylation sites is 1. The second kappa shape index (κ2) is 7.24. The Morgan fingerprint density at radius 3 is 2.57 bits per heavy atom. The molecule has 0 unspecified atom stereocenters. The van der Waals surface area contributed by atoms with Crippen LogP contribution in [0.25, 0.3) is 0 Å². The summed E-state index contributed by atoms with van der Waals surface area (Å²) in [7, 11) is 3.42. The molecule has 2 aromatic rings. The number of hydrogen-bond acceptors (Lipinski definition) is 3. The molecule has 0 aliphatic heterocycles. The van der Waals surface area contributed by atoms with Gasteiger partial charge in [0.1, 0.15) is 0 Å². The first kappa shape index (κ1) is 15.5. The molecule has 110 valence electrons. The molecule has 0 aromatic heterocycles. The molecule has 21 heavy (non-hydrogen) atoms. The van der Waals surface area contributed by atoms with Gasteiger partial charge in [0.05, 0.1) is 12.2 Å². The number of carbonyl (C=O) groups is 1. The van der Waals surface area contributed by atoms with E-state index in [2.05, 4.69) is 26.6 Å². The first-order valence-electron chi connectivity index (χ1n) is 6.51. The van der Waals surface area contributed by atoms with E-state index in [9.17, 15) is 4.79 Å². The SMILES string of the molecule is CNc1ccccc1C(=O)Nc1cccc(Br)c1COC. The maximum Gasteiger partial charge on any atom is 0.257 e. The van der Waals surface area contributed by atoms with Crippen molar-refractivity contribution >= 4 is 33.2 Å². The number of amides is 1. The molecule has 4 nitrogen and oxygen atoms in total. The van der Waals surface area contributed by atoms with Gasteiger partial charge in [-0.25, -0.2) is 0 Å². The second-order valence-electron chi connectivity index (χ2n) is 4.45. The zero-order chi connectivity index (χ0) is 15.2. The number of halogens is 1. The summed E-state index contributed by atoms with van der Waals surface area (Å²) in [4.78, 5) is 12.5. The van der Waals surface area contributed by atoms with Crippen LogP contribution < -0.4 is 10.6 Å². The van der Waals surface area contributed by atoms with Crippen LogP contribution in [0.2, 0.25) is 0 Å². The Kier molecular flexibility index (Phi) is 5.36. The summed E-state index contributed by atoms with van der Waals surface area (Å²) < 4.78 is 6.09. The highest BCUT2D eigenvalue weighted by Crippen LogP contribution is 2.26. The van der Waals surface area contributed by atoms with Crippen LogP contribution in [0.5, 0.6) is 0 Å². The van der Waals surface area contributed by atoms with Gasteiger partial charge < -0.3 is 15.4 Å². The first-order chi connectivity index (χ1) is 10.2. The maximum absolute atomic E-state index is 12.5. The molecule has 0 fully saturated rings. The van der Waals surface area contributed by atoms with Gasteiger partial charge in [-0.15, -0.1) is 0 Å². The topological polar surface area (TPSA) is 50.4 Å². The molecule has 0 saturated carbocycles. The molecule has 2 N–H and O–H groups in total. The lowest BCUT2D eigenvalue weighted by Crippen LogP contribution is -2.15. The van der Waals surface area contributed by atoms with Crippen LogP contribution in [0.3, 0.4) is 0 Å². The van der Waals surface area contributed by atoms with Crippen molar-refractivity contribution in [1.82, 2.24) is 0 Å². The van der Waals surface area contributed by atoms with Crippen LogP contribution in [0.1, 0.15) is 15.9 Å². The van der Waals surface area contributed by atoms with Gasteiger partial charge in [0.2, 0.25) is 0 Å². The van der Waals surface area contributed by atoms with Gasteiger partial charge in [-0.2, -0.15) is 0 Å². The number of hydrogen-bond donors (Lipinski definition) is 2. The van der Waals surface area contributed by atoms with Gasteiger partial charge >= 0.3 is 0 Å².